The average Bonchev–Trinajstić information content (AvgIpc) is 2.44. The van der Waals surface area contributed by atoms with Crippen molar-refractivity contribution < 1.29 is 4.74 Å². The number of benzene rings is 1. The maximum Gasteiger partial charge on any atom is 0.0998 e. The van der Waals surface area contributed by atoms with E-state index in [0.717, 1.165) is 18.9 Å². The van der Waals surface area contributed by atoms with Gasteiger partial charge in [-0.15, -0.1) is 11.8 Å². The van der Waals surface area contributed by atoms with Crippen molar-refractivity contribution in [3.8, 4) is 0 Å². The third-order valence-electron chi connectivity index (χ3n) is 3.85. The molecule has 0 amide bonds. The molecule has 1 atom stereocenters. The summed E-state index contributed by atoms with van der Waals surface area (Å²) in [7, 11) is 0. The lowest BCUT2D eigenvalue weighted by Crippen LogP contribution is -2.18. The van der Waals surface area contributed by atoms with Crippen LogP contribution in [0.3, 0.4) is 0 Å². The number of thioether (sulfide) groups is 1. The first-order chi connectivity index (χ1) is 9.24. The molecule has 19 heavy (non-hydrogen) atoms. The van der Waals surface area contributed by atoms with Crippen LogP contribution in [0.4, 0.5) is 0 Å². The molecule has 1 heterocycles. The Balaban J connectivity index is 1.84. The van der Waals surface area contributed by atoms with Crippen LogP contribution < -0.4 is 0 Å². The molecular formula is C17H22OS. The number of hydrogen-bond donors (Lipinski definition) is 0. The van der Waals surface area contributed by atoms with Crippen molar-refractivity contribution in [1.29, 1.82) is 0 Å². The highest BCUT2D eigenvalue weighted by molar-refractivity contribution is 7.99. The average molecular weight is 274 g/mol. The first-order valence-electron chi connectivity index (χ1n) is 7.32. The predicted octanol–water partition coefficient (Wildman–Crippen LogP) is 4.77. The lowest BCUT2D eigenvalue weighted by Gasteiger charge is -2.31. The lowest BCUT2D eigenvalue weighted by molar-refractivity contribution is 0.148. The van der Waals surface area contributed by atoms with Gasteiger partial charge in [-0.25, -0.2) is 0 Å². The van der Waals surface area contributed by atoms with Crippen LogP contribution in [0.1, 0.15) is 43.7 Å². The van der Waals surface area contributed by atoms with Crippen molar-refractivity contribution in [3.05, 3.63) is 41.2 Å². The van der Waals surface area contributed by atoms with Crippen LogP contribution in [0, 0.1) is 5.92 Å². The second kappa shape index (κ2) is 5.62. The molecule has 102 valence electrons. The molecule has 0 spiro atoms. The monoisotopic (exact) mass is 274 g/mol. The summed E-state index contributed by atoms with van der Waals surface area (Å²) < 4.78 is 5.83. The molecule has 0 saturated carbocycles. The van der Waals surface area contributed by atoms with Crippen LogP contribution in [0.15, 0.2) is 34.9 Å². The molecule has 1 unspecified atom stereocenters. The van der Waals surface area contributed by atoms with Crippen LogP contribution in [-0.4, -0.2) is 12.4 Å². The number of fused-ring (bicyclic) bond motifs is 3. The number of ether oxygens (including phenoxy) is 1. The Morgan fingerprint density at radius 3 is 3.11 bits per heavy atom. The summed E-state index contributed by atoms with van der Waals surface area (Å²) in [5.41, 5.74) is 3.01. The van der Waals surface area contributed by atoms with E-state index in [4.69, 9.17) is 4.74 Å². The van der Waals surface area contributed by atoms with Crippen molar-refractivity contribution in [2.24, 2.45) is 5.92 Å². The van der Waals surface area contributed by atoms with E-state index in [9.17, 15) is 0 Å². The molecule has 0 radical (unpaired) electrons. The number of hydrogen-bond acceptors (Lipinski definition) is 2. The van der Waals surface area contributed by atoms with Crippen LogP contribution in [0.25, 0.3) is 0 Å². The molecule has 2 aliphatic rings. The second-order valence-corrected chi connectivity index (χ2v) is 7.01. The van der Waals surface area contributed by atoms with Gasteiger partial charge in [0.15, 0.2) is 0 Å². The zero-order chi connectivity index (χ0) is 13.2. The fourth-order valence-electron chi connectivity index (χ4n) is 2.88. The maximum absolute atomic E-state index is 5.83. The van der Waals surface area contributed by atoms with Gasteiger partial charge < -0.3 is 4.74 Å². The Morgan fingerprint density at radius 1 is 1.37 bits per heavy atom. The molecular weight excluding hydrogens is 252 g/mol. The fourth-order valence-corrected chi connectivity index (χ4v) is 3.78. The quantitative estimate of drug-likeness (QED) is 0.734. The second-order valence-electron chi connectivity index (χ2n) is 5.92. The maximum atomic E-state index is 5.83. The van der Waals surface area contributed by atoms with Gasteiger partial charge in [0, 0.05) is 16.6 Å². The molecule has 1 nitrogen and oxygen atoms in total. The van der Waals surface area contributed by atoms with Crippen LogP contribution in [-0.2, 0) is 11.2 Å². The van der Waals surface area contributed by atoms with Gasteiger partial charge in [0.2, 0.25) is 0 Å². The van der Waals surface area contributed by atoms with Crippen LogP contribution >= 0.6 is 11.8 Å². The summed E-state index contributed by atoms with van der Waals surface area (Å²) in [5, 5.41) is 0. The van der Waals surface area contributed by atoms with E-state index in [-0.39, 0.29) is 0 Å². The van der Waals surface area contributed by atoms with Gasteiger partial charge in [-0.05, 0) is 54.5 Å². The summed E-state index contributed by atoms with van der Waals surface area (Å²) in [4.78, 5) is 1.42. The topological polar surface area (TPSA) is 9.23 Å². The molecule has 2 heteroatoms. The fraction of sp³-hybridized carbons (Fsp3) is 0.529. The number of rotatable bonds is 3. The summed E-state index contributed by atoms with van der Waals surface area (Å²) >= 11 is 1.98. The van der Waals surface area contributed by atoms with E-state index in [1.165, 1.54) is 40.4 Å². The molecule has 0 bridgehead atoms. The van der Waals surface area contributed by atoms with Gasteiger partial charge in [0.1, 0.15) is 0 Å². The highest BCUT2D eigenvalue weighted by Gasteiger charge is 2.27. The standard InChI is InChI=1S/C17H22OS/c1-12(2)11-19-14-7-5-13-6-8-17-15(16(13)10-14)4-3-9-18-17/h5,7-8,10,12,15H,3-4,6,9,11H2,1-2H3. The first-order valence-corrected chi connectivity index (χ1v) is 8.31. The molecule has 3 rings (SSSR count). The van der Waals surface area contributed by atoms with Gasteiger partial charge in [-0.2, -0.15) is 0 Å². The largest absolute Gasteiger partial charge is 0.498 e. The Bertz CT molecular complexity index is 490. The summed E-state index contributed by atoms with van der Waals surface area (Å²) in [6, 6.07) is 7.02. The van der Waals surface area contributed by atoms with Crippen molar-refractivity contribution >= 4 is 11.8 Å². The van der Waals surface area contributed by atoms with Crippen molar-refractivity contribution in [1.82, 2.24) is 0 Å². The summed E-state index contributed by atoms with van der Waals surface area (Å²) in [5.74, 6) is 3.69. The van der Waals surface area contributed by atoms with Gasteiger partial charge in [-0.1, -0.05) is 19.9 Å². The highest BCUT2D eigenvalue weighted by atomic mass is 32.2. The SMILES string of the molecule is CC(C)CSc1ccc2c(c1)C1CCCOC1=CC2. The van der Waals surface area contributed by atoms with Gasteiger partial charge in [0.25, 0.3) is 0 Å². The minimum absolute atomic E-state index is 0.525. The van der Waals surface area contributed by atoms with Crippen molar-refractivity contribution in [3.63, 3.8) is 0 Å². The zero-order valence-electron chi connectivity index (χ0n) is 11.8. The minimum Gasteiger partial charge on any atom is -0.498 e. The number of allylic oxidation sites excluding steroid dienone is 2. The van der Waals surface area contributed by atoms with Crippen LogP contribution in [0.2, 0.25) is 0 Å². The minimum atomic E-state index is 0.525. The van der Waals surface area contributed by atoms with E-state index in [0.29, 0.717) is 5.92 Å². The lowest BCUT2D eigenvalue weighted by atomic mass is 9.82. The Kier molecular flexibility index (Phi) is 3.88. The molecule has 1 aromatic carbocycles. The summed E-state index contributed by atoms with van der Waals surface area (Å²) in [6.07, 6.45) is 5.76. The molecule has 1 fully saturated rings. The molecule has 1 aliphatic carbocycles. The first kappa shape index (κ1) is 13.1. The molecule has 1 aromatic rings. The Labute approximate surface area is 120 Å². The third kappa shape index (κ3) is 2.84. The molecule has 0 N–H and O–H groups in total. The Morgan fingerprint density at radius 2 is 2.26 bits per heavy atom. The van der Waals surface area contributed by atoms with Gasteiger partial charge >= 0.3 is 0 Å². The predicted molar refractivity (Wildman–Crippen MR) is 81.7 cm³/mol. The highest BCUT2D eigenvalue weighted by Crippen LogP contribution is 2.40. The van der Waals surface area contributed by atoms with E-state index in [2.05, 4.69) is 38.1 Å². The van der Waals surface area contributed by atoms with Crippen molar-refractivity contribution in [2.75, 3.05) is 12.4 Å². The van der Waals surface area contributed by atoms with Gasteiger partial charge in [-0.3, -0.25) is 0 Å². The smallest absolute Gasteiger partial charge is 0.0998 e. The third-order valence-corrected chi connectivity index (χ3v) is 5.27. The van der Waals surface area contributed by atoms with E-state index in [1.54, 1.807) is 0 Å². The van der Waals surface area contributed by atoms with Gasteiger partial charge in [0.05, 0.1) is 12.4 Å². The van der Waals surface area contributed by atoms with E-state index >= 15 is 0 Å². The van der Waals surface area contributed by atoms with E-state index in [1.807, 2.05) is 11.8 Å². The zero-order valence-corrected chi connectivity index (χ0v) is 12.6. The van der Waals surface area contributed by atoms with Crippen LogP contribution in [0.5, 0.6) is 0 Å². The van der Waals surface area contributed by atoms with E-state index < -0.39 is 0 Å². The van der Waals surface area contributed by atoms with Crippen molar-refractivity contribution in [2.45, 2.75) is 43.9 Å². The normalized spacial score (nSPS) is 21.4. The molecule has 0 aromatic heterocycles. The molecule has 1 aliphatic heterocycles. The summed E-state index contributed by atoms with van der Waals surface area (Å²) in [6.45, 7) is 5.46. The Hall–Kier alpha value is -0.890. The molecule has 1 saturated heterocycles.